The molecule has 272 valence electrons. The molecule has 2 saturated heterocycles. The Morgan fingerprint density at radius 2 is 1.02 bits per heavy atom. The average Bonchev–Trinajstić information content (AvgIpc) is 3.98. The molecule has 0 saturated carbocycles. The fourth-order valence-electron chi connectivity index (χ4n) is 6.38. The number of hydrogen-bond acceptors (Lipinski definition) is 16. The van der Waals surface area contributed by atoms with Crippen molar-refractivity contribution < 1.29 is 9.59 Å². The molecule has 0 spiro atoms. The van der Waals surface area contributed by atoms with E-state index < -0.39 is 0 Å². The number of anilines is 4. The summed E-state index contributed by atoms with van der Waals surface area (Å²) in [5, 5.41) is 24.7. The minimum Gasteiger partial charge on any atom is -0.344 e. The summed E-state index contributed by atoms with van der Waals surface area (Å²) in [6, 6.07) is 13.9. The molecule has 8 rings (SSSR count). The van der Waals surface area contributed by atoms with Gasteiger partial charge in [-0.05, 0) is 49.2 Å². The molecule has 0 radical (unpaired) electrons. The number of carbonyl (C=O) groups excluding carboxylic acids is 2. The van der Waals surface area contributed by atoms with Gasteiger partial charge in [-0.25, -0.2) is 9.97 Å². The first kappa shape index (κ1) is 36.2. The fraction of sp³-hybridized carbons (Fsp3) is 0.412. The van der Waals surface area contributed by atoms with Crippen molar-refractivity contribution >= 4 is 98.1 Å². The summed E-state index contributed by atoms with van der Waals surface area (Å²) in [4.78, 5) is 40.5. The van der Waals surface area contributed by atoms with Gasteiger partial charge in [0.1, 0.15) is 0 Å². The van der Waals surface area contributed by atoms with Gasteiger partial charge in [-0.3, -0.25) is 19.4 Å². The van der Waals surface area contributed by atoms with E-state index in [2.05, 4.69) is 111 Å². The van der Waals surface area contributed by atoms with Crippen LogP contribution in [0.3, 0.4) is 0 Å². The van der Waals surface area contributed by atoms with Crippen LogP contribution >= 0.6 is 45.3 Å². The topological polar surface area (TPSA) is 148 Å². The lowest BCUT2D eigenvalue weighted by molar-refractivity contribution is -0.115. The number of hydrogen-bond donors (Lipinski definition) is 2. The number of piperazine rings is 2. The van der Waals surface area contributed by atoms with Crippen LogP contribution in [0.2, 0.25) is 0 Å². The largest absolute Gasteiger partial charge is 0.344 e. The van der Waals surface area contributed by atoms with E-state index in [1.165, 1.54) is 57.0 Å². The van der Waals surface area contributed by atoms with Gasteiger partial charge >= 0.3 is 0 Å². The summed E-state index contributed by atoms with van der Waals surface area (Å²) in [6.07, 6.45) is 0. The molecule has 14 nitrogen and oxygen atoms in total. The van der Waals surface area contributed by atoms with Gasteiger partial charge in [0.2, 0.25) is 32.3 Å². The van der Waals surface area contributed by atoms with Gasteiger partial charge in [-0.1, -0.05) is 34.8 Å². The van der Waals surface area contributed by atoms with Crippen molar-refractivity contribution in [2.45, 2.75) is 39.8 Å². The Morgan fingerprint density at radius 3 is 1.40 bits per heavy atom. The fourth-order valence-corrected chi connectivity index (χ4v) is 9.38. The molecule has 4 aromatic heterocycles. The molecule has 2 aromatic carbocycles. The molecule has 2 aliphatic heterocycles. The Labute approximate surface area is 317 Å². The lowest BCUT2D eigenvalue weighted by Crippen LogP contribution is -2.47. The van der Waals surface area contributed by atoms with E-state index in [1.54, 1.807) is 22.7 Å². The van der Waals surface area contributed by atoms with Gasteiger partial charge in [0.15, 0.2) is 0 Å². The number of carbonyl (C=O) groups is 2. The lowest BCUT2D eigenvalue weighted by atomic mass is 10.1. The molecule has 6 aromatic rings. The van der Waals surface area contributed by atoms with Crippen LogP contribution in [-0.2, 0) is 9.59 Å². The van der Waals surface area contributed by atoms with E-state index in [1.807, 2.05) is 11.0 Å². The smallest absolute Gasteiger partial charge is 0.223 e. The Hall–Kier alpha value is -4.20. The van der Waals surface area contributed by atoms with Gasteiger partial charge in [0.25, 0.3) is 0 Å². The molecular weight excluding hydrogens is 737 g/mol. The molecular formula is C34H40N12O2S4. The summed E-state index contributed by atoms with van der Waals surface area (Å²) in [6.45, 7) is 14.9. The first-order chi connectivity index (χ1) is 25.2. The zero-order valence-corrected chi connectivity index (χ0v) is 32.6. The van der Waals surface area contributed by atoms with Crippen LogP contribution in [0.4, 0.5) is 20.5 Å². The first-order valence-electron chi connectivity index (χ1n) is 17.1. The van der Waals surface area contributed by atoms with Crippen molar-refractivity contribution in [3.63, 3.8) is 0 Å². The SMILES string of the molecule is CC(=O)Nc1nnc(N2CCN([C@@H](C)c3ccc4scnc4c3)CC2)s1.CC(=O)Nc1nnc(N2CCN([C@H](C)c3ccc4scnc4c3)CC2)s1. The number of nitrogens with one attached hydrogen (secondary N) is 2. The molecule has 0 bridgehead atoms. The van der Waals surface area contributed by atoms with Crippen molar-refractivity contribution in [2.75, 3.05) is 72.8 Å². The molecule has 2 amide bonds. The van der Waals surface area contributed by atoms with Gasteiger partial charge in [0, 0.05) is 78.3 Å². The number of nitrogens with zero attached hydrogens (tertiary/aromatic N) is 10. The zero-order valence-electron chi connectivity index (χ0n) is 29.4. The van der Waals surface area contributed by atoms with E-state index in [9.17, 15) is 9.59 Å². The van der Waals surface area contributed by atoms with Crippen LogP contribution in [-0.4, -0.2) is 104 Å². The Kier molecular flexibility index (Phi) is 11.3. The number of fused-ring (bicyclic) bond motifs is 2. The van der Waals surface area contributed by atoms with E-state index >= 15 is 0 Å². The Morgan fingerprint density at radius 1 is 0.615 bits per heavy atom. The van der Waals surface area contributed by atoms with E-state index in [-0.39, 0.29) is 11.8 Å². The predicted octanol–water partition coefficient (Wildman–Crippen LogP) is 5.98. The second-order valence-corrected chi connectivity index (χ2v) is 16.4. The summed E-state index contributed by atoms with van der Waals surface area (Å²) < 4.78 is 2.47. The number of amides is 2. The lowest BCUT2D eigenvalue weighted by Gasteiger charge is -2.37. The van der Waals surface area contributed by atoms with Crippen LogP contribution in [0.15, 0.2) is 47.4 Å². The van der Waals surface area contributed by atoms with Crippen molar-refractivity contribution in [3.05, 3.63) is 58.5 Å². The van der Waals surface area contributed by atoms with Crippen LogP contribution in [0.25, 0.3) is 20.4 Å². The van der Waals surface area contributed by atoms with Crippen molar-refractivity contribution in [1.29, 1.82) is 0 Å². The highest BCUT2D eigenvalue weighted by molar-refractivity contribution is 7.19. The van der Waals surface area contributed by atoms with Crippen molar-refractivity contribution in [1.82, 2.24) is 40.2 Å². The van der Waals surface area contributed by atoms with Crippen molar-refractivity contribution in [2.24, 2.45) is 0 Å². The monoisotopic (exact) mass is 776 g/mol. The molecule has 0 aliphatic carbocycles. The predicted molar refractivity (Wildman–Crippen MR) is 212 cm³/mol. The number of benzene rings is 2. The van der Waals surface area contributed by atoms with E-state index in [0.717, 1.165) is 73.7 Å². The van der Waals surface area contributed by atoms with Gasteiger partial charge < -0.3 is 20.4 Å². The molecule has 18 heteroatoms. The second kappa shape index (κ2) is 16.2. The maximum atomic E-state index is 11.1. The van der Waals surface area contributed by atoms with Crippen molar-refractivity contribution in [3.8, 4) is 0 Å². The summed E-state index contributed by atoms with van der Waals surface area (Å²) in [5.41, 5.74) is 8.57. The molecule has 52 heavy (non-hydrogen) atoms. The molecule has 0 unspecified atom stereocenters. The minimum absolute atomic E-state index is 0.122. The van der Waals surface area contributed by atoms with Gasteiger partial charge in [0.05, 0.1) is 31.5 Å². The highest BCUT2D eigenvalue weighted by Crippen LogP contribution is 2.31. The van der Waals surface area contributed by atoms with Crippen LogP contribution in [0, 0.1) is 0 Å². The summed E-state index contributed by atoms with van der Waals surface area (Å²) >= 11 is 6.20. The van der Waals surface area contributed by atoms with Gasteiger partial charge in [-0.15, -0.1) is 43.1 Å². The van der Waals surface area contributed by atoms with Gasteiger partial charge in [-0.2, -0.15) is 0 Å². The van der Waals surface area contributed by atoms with E-state index in [4.69, 9.17) is 0 Å². The number of rotatable bonds is 8. The molecule has 2 N–H and O–H groups in total. The second-order valence-electron chi connectivity index (χ2n) is 12.7. The maximum absolute atomic E-state index is 11.1. The quantitative estimate of drug-likeness (QED) is 0.187. The van der Waals surface area contributed by atoms with Crippen LogP contribution in [0.5, 0.6) is 0 Å². The Bertz CT molecular complexity index is 1980. The molecule has 2 atom stereocenters. The maximum Gasteiger partial charge on any atom is 0.223 e. The van der Waals surface area contributed by atoms with Crippen LogP contribution < -0.4 is 20.4 Å². The molecule has 2 fully saturated rings. The number of thiazole rings is 2. The summed E-state index contributed by atoms with van der Waals surface area (Å²) in [5.74, 6) is -0.244. The number of aromatic nitrogens is 6. The Balaban J connectivity index is 0.000000162. The highest BCUT2D eigenvalue weighted by Gasteiger charge is 2.26. The third-order valence-electron chi connectivity index (χ3n) is 9.33. The van der Waals surface area contributed by atoms with Crippen LogP contribution in [0.1, 0.15) is 50.9 Å². The summed E-state index contributed by atoms with van der Waals surface area (Å²) in [7, 11) is 0. The molecule has 2 aliphatic rings. The van der Waals surface area contributed by atoms with E-state index in [0.29, 0.717) is 22.3 Å². The normalized spacial score (nSPS) is 16.8. The third-order valence-corrected chi connectivity index (χ3v) is 12.8. The third kappa shape index (κ3) is 8.53. The first-order valence-corrected chi connectivity index (χ1v) is 20.5. The standard InChI is InChI=1S/2C17H20N6OS2/c2*1-11(13-3-4-15-14(9-13)18-10-25-15)22-5-7-23(8-6-22)17-21-20-16(26-17)19-12(2)24/h2*3-4,9-11H,5-8H2,1-2H3,(H,19,20,24)/t2*11-/m10/s1. The average molecular weight is 777 g/mol. The minimum atomic E-state index is -0.122. The highest BCUT2D eigenvalue weighted by atomic mass is 32.1. The zero-order chi connectivity index (χ0) is 36.2. The molecule has 6 heterocycles.